The van der Waals surface area contributed by atoms with Crippen LogP contribution >= 0.6 is 0 Å². The summed E-state index contributed by atoms with van der Waals surface area (Å²) in [5, 5.41) is 4.18. The van der Waals surface area contributed by atoms with E-state index in [-0.39, 0.29) is 23.4 Å². The van der Waals surface area contributed by atoms with Crippen molar-refractivity contribution in [2.75, 3.05) is 34.4 Å². The average molecular weight is 468 g/mol. The van der Waals surface area contributed by atoms with Gasteiger partial charge in [-0.15, -0.1) is 0 Å². The van der Waals surface area contributed by atoms with Gasteiger partial charge in [0.2, 0.25) is 0 Å². The van der Waals surface area contributed by atoms with Crippen LogP contribution in [0.25, 0.3) is 0 Å². The Kier molecular flexibility index (Phi) is 9.65. The minimum atomic E-state index is -0.808. The fourth-order valence-electron chi connectivity index (χ4n) is 2.48. The zero-order chi connectivity index (χ0) is 25.4. The number of carbonyl (C=O) groups is 4. The summed E-state index contributed by atoms with van der Waals surface area (Å²) in [6, 6.07) is 4.31. The van der Waals surface area contributed by atoms with E-state index in [0.29, 0.717) is 0 Å². The molecule has 1 rings (SSSR count). The molecule has 0 fully saturated rings. The van der Waals surface area contributed by atoms with Gasteiger partial charge in [0.1, 0.15) is 16.9 Å². The number of carbonyl (C=O) groups excluding carboxylic acids is 4. The third-order valence-corrected chi connectivity index (χ3v) is 4.44. The second-order valence-electron chi connectivity index (χ2n) is 8.71. The van der Waals surface area contributed by atoms with Gasteiger partial charge in [0.25, 0.3) is 5.91 Å². The number of methoxy groups -OCH3 is 2. The first-order valence-corrected chi connectivity index (χ1v) is 10.1. The maximum Gasteiger partial charge on any atom is 0.407 e. The lowest BCUT2D eigenvalue weighted by Gasteiger charge is -2.35. The number of rotatable bonds is 9. The van der Waals surface area contributed by atoms with E-state index >= 15 is 0 Å². The molecule has 11 heteroatoms. The van der Waals surface area contributed by atoms with Crippen LogP contribution in [-0.2, 0) is 19.0 Å². The Balaban J connectivity index is 2.78. The molecule has 0 atom stereocenters. The van der Waals surface area contributed by atoms with E-state index < -0.39 is 41.7 Å². The largest absolute Gasteiger partial charge is 0.483 e. The van der Waals surface area contributed by atoms with Gasteiger partial charge in [-0.2, -0.15) is 0 Å². The molecular formula is C22H33N3O8. The number of hydrogen-bond donors (Lipinski definition) is 2. The van der Waals surface area contributed by atoms with Crippen LogP contribution in [0.3, 0.4) is 0 Å². The number of hydrazine groups is 1. The number of ether oxygens (including phenoxy) is 4. The second-order valence-corrected chi connectivity index (χ2v) is 8.71. The van der Waals surface area contributed by atoms with Gasteiger partial charge in [-0.05, 0) is 46.8 Å². The summed E-state index contributed by atoms with van der Waals surface area (Å²) >= 11 is 0. The summed E-state index contributed by atoms with van der Waals surface area (Å²) in [6.45, 7) is 8.63. The first kappa shape index (κ1) is 27.7. The molecule has 0 unspecified atom stereocenters. The number of hydrogen-bond acceptors (Lipinski definition) is 9. The van der Waals surface area contributed by atoms with Crippen molar-refractivity contribution in [1.82, 2.24) is 15.8 Å². The van der Waals surface area contributed by atoms with Crippen molar-refractivity contribution in [3.63, 3.8) is 0 Å². The van der Waals surface area contributed by atoms with Gasteiger partial charge < -0.3 is 24.3 Å². The highest BCUT2D eigenvalue weighted by Crippen LogP contribution is 2.24. The molecule has 0 aliphatic rings. The van der Waals surface area contributed by atoms with E-state index in [1.54, 1.807) is 41.7 Å². The number of esters is 2. The van der Waals surface area contributed by atoms with Crippen LogP contribution in [0.15, 0.2) is 18.2 Å². The number of nitrogens with one attached hydrogen (secondary N) is 2. The van der Waals surface area contributed by atoms with Gasteiger partial charge in [-0.1, -0.05) is 6.07 Å². The number of nitrogens with zero attached hydrogens (tertiary/aromatic N) is 1. The Hall–Kier alpha value is -3.34. The molecule has 0 radical (unpaired) electrons. The highest BCUT2D eigenvalue weighted by molar-refractivity contribution is 6.05. The predicted octanol–water partition coefficient (Wildman–Crippen LogP) is 1.90. The van der Waals surface area contributed by atoms with Crippen molar-refractivity contribution in [2.45, 2.75) is 45.8 Å². The third kappa shape index (κ3) is 8.60. The monoisotopic (exact) mass is 467 g/mol. The molecule has 0 saturated heterocycles. The molecule has 0 aromatic heterocycles. The Morgan fingerprint density at radius 2 is 1.58 bits per heavy atom. The first-order chi connectivity index (χ1) is 15.2. The van der Waals surface area contributed by atoms with E-state index in [2.05, 4.69) is 15.5 Å². The van der Waals surface area contributed by atoms with Crippen molar-refractivity contribution < 1.29 is 38.1 Å². The van der Waals surface area contributed by atoms with E-state index in [9.17, 15) is 19.2 Å². The van der Waals surface area contributed by atoms with Crippen LogP contribution in [0.4, 0.5) is 4.79 Å². The Bertz CT molecular complexity index is 877. The fourth-order valence-corrected chi connectivity index (χ4v) is 2.48. The summed E-state index contributed by atoms with van der Waals surface area (Å²) in [7, 11) is 3.97. The molecule has 1 aromatic carbocycles. The van der Waals surface area contributed by atoms with Crippen LogP contribution in [0.5, 0.6) is 5.75 Å². The van der Waals surface area contributed by atoms with Crippen LogP contribution in [0.2, 0.25) is 0 Å². The quantitative estimate of drug-likeness (QED) is 0.317. The van der Waals surface area contributed by atoms with Gasteiger partial charge in [0, 0.05) is 13.6 Å². The van der Waals surface area contributed by atoms with Gasteiger partial charge in [-0.3, -0.25) is 10.2 Å². The van der Waals surface area contributed by atoms with Gasteiger partial charge in [0.05, 0.1) is 25.3 Å². The van der Waals surface area contributed by atoms with E-state index in [1.807, 2.05) is 0 Å². The minimum absolute atomic E-state index is 0.00611. The molecule has 1 aromatic rings. The topological polar surface area (TPSA) is 132 Å². The van der Waals surface area contributed by atoms with Crippen LogP contribution < -0.4 is 15.5 Å². The summed E-state index contributed by atoms with van der Waals surface area (Å²) in [4.78, 5) is 48.5. The highest BCUT2D eigenvalue weighted by Gasteiger charge is 2.28. The Labute approximate surface area is 193 Å². The molecule has 0 aliphatic carbocycles. The molecule has 0 bridgehead atoms. The van der Waals surface area contributed by atoms with Crippen LogP contribution in [0, 0.1) is 0 Å². The number of alkyl carbamates (subject to hydrolysis) is 1. The Morgan fingerprint density at radius 1 is 0.970 bits per heavy atom. The third-order valence-electron chi connectivity index (χ3n) is 4.44. The van der Waals surface area contributed by atoms with Crippen molar-refractivity contribution in [3.8, 4) is 5.75 Å². The lowest BCUT2D eigenvalue weighted by atomic mass is 10.1. The average Bonchev–Trinajstić information content (AvgIpc) is 2.73. The number of likely N-dealkylation sites (N-methyl/N-ethyl adjacent to an activating group) is 1. The molecule has 0 spiro atoms. The second kappa shape index (κ2) is 11.5. The molecule has 0 aliphatic heterocycles. The first-order valence-electron chi connectivity index (χ1n) is 10.1. The van der Waals surface area contributed by atoms with E-state index in [0.717, 1.165) is 7.11 Å². The summed E-state index contributed by atoms with van der Waals surface area (Å²) in [5.41, 5.74) is 1.15. The van der Waals surface area contributed by atoms with E-state index in [1.165, 1.54) is 30.3 Å². The van der Waals surface area contributed by atoms with Gasteiger partial charge in [0.15, 0.2) is 6.61 Å². The molecule has 33 heavy (non-hydrogen) atoms. The molecule has 2 N–H and O–H groups in total. The SMILES string of the molecule is COC(=O)c1cccc(OCC(=O)NN(C)C(C)(C)CNC(=O)OC(C)(C)C)c1C(=O)OC. The standard InChI is InChI=1S/C22H33N3O8/c1-21(2,3)33-20(29)23-13-22(4,5)25(6)24-16(26)12-32-15-11-9-10-14(18(27)30-7)17(15)19(28)31-8/h9-11H,12-13H2,1-8H3,(H,23,29)(H,24,26). The summed E-state index contributed by atoms with van der Waals surface area (Å²) in [5.74, 6) is -2.09. The van der Waals surface area contributed by atoms with Crippen molar-refractivity contribution in [2.24, 2.45) is 0 Å². The van der Waals surface area contributed by atoms with Crippen molar-refractivity contribution >= 4 is 23.9 Å². The van der Waals surface area contributed by atoms with Crippen molar-refractivity contribution in [3.05, 3.63) is 29.3 Å². The van der Waals surface area contributed by atoms with Gasteiger partial charge >= 0.3 is 18.0 Å². The highest BCUT2D eigenvalue weighted by atomic mass is 16.6. The minimum Gasteiger partial charge on any atom is -0.483 e. The number of amides is 2. The summed E-state index contributed by atoms with van der Waals surface area (Å²) < 4.78 is 20.1. The van der Waals surface area contributed by atoms with Crippen LogP contribution in [-0.4, -0.2) is 74.5 Å². The zero-order valence-electron chi connectivity index (χ0n) is 20.4. The lowest BCUT2D eigenvalue weighted by molar-refractivity contribution is -0.129. The zero-order valence-corrected chi connectivity index (χ0v) is 20.4. The normalized spacial score (nSPS) is 11.4. The lowest BCUT2D eigenvalue weighted by Crippen LogP contribution is -2.57. The summed E-state index contributed by atoms with van der Waals surface area (Å²) in [6.07, 6.45) is -0.570. The number of benzene rings is 1. The van der Waals surface area contributed by atoms with E-state index in [4.69, 9.17) is 14.2 Å². The predicted molar refractivity (Wildman–Crippen MR) is 119 cm³/mol. The van der Waals surface area contributed by atoms with Crippen LogP contribution in [0.1, 0.15) is 55.3 Å². The van der Waals surface area contributed by atoms with Gasteiger partial charge in [-0.25, -0.2) is 19.4 Å². The molecular weight excluding hydrogens is 434 g/mol. The Morgan fingerprint density at radius 3 is 2.12 bits per heavy atom. The fraction of sp³-hybridized carbons (Fsp3) is 0.545. The molecule has 0 heterocycles. The smallest absolute Gasteiger partial charge is 0.407 e. The van der Waals surface area contributed by atoms with Crippen molar-refractivity contribution in [1.29, 1.82) is 0 Å². The molecule has 11 nitrogen and oxygen atoms in total. The molecule has 0 saturated carbocycles. The maximum atomic E-state index is 12.4. The molecule has 184 valence electrons. The maximum absolute atomic E-state index is 12.4. The molecule has 2 amide bonds.